The van der Waals surface area contributed by atoms with Gasteiger partial charge in [0.2, 0.25) is 0 Å². The van der Waals surface area contributed by atoms with Gasteiger partial charge in [-0.25, -0.2) is 0 Å². The van der Waals surface area contributed by atoms with Crippen molar-refractivity contribution in [1.82, 2.24) is 10.2 Å². The number of nitrogens with two attached hydrogens (primary N) is 1. The Bertz CT molecular complexity index is 304. The molecule has 0 saturated carbocycles. The van der Waals surface area contributed by atoms with Crippen LogP contribution >= 0.6 is 0 Å². The molecule has 1 saturated heterocycles. The average molecular weight is 280 g/mol. The lowest BCUT2D eigenvalue weighted by Gasteiger charge is -2.17. The first kappa shape index (κ1) is 16.1. The molecule has 1 aliphatic heterocycles. The van der Waals surface area contributed by atoms with Gasteiger partial charge in [-0.2, -0.15) is 13.2 Å². The summed E-state index contributed by atoms with van der Waals surface area (Å²) in [5.41, 5.74) is 5.71. The molecule has 1 fully saturated rings. The summed E-state index contributed by atoms with van der Waals surface area (Å²) in [5, 5.41) is 3.04. The molecule has 0 spiro atoms. The van der Waals surface area contributed by atoms with Crippen molar-refractivity contribution >= 4 is 5.96 Å². The monoisotopic (exact) mass is 280 g/mol. The highest BCUT2D eigenvalue weighted by atomic mass is 19.4. The van der Waals surface area contributed by atoms with Gasteiger partial charge in [0.15, 0.2) is 5.96 Å². The first-order valence-corrected chi connectivity index (χ1v) is 6.65. The molecule has 7 heteroatoms. The van der Waals surface area contributed by atoms with E-state index in [0.29, 0.717) is 25.6 Å². The molecule has 19 heavy (non-hydrogen) atoms. The summed E-state index contributed by atoms with van der Waals surface area (Å²) >= 11 is 0. The topological polar surface area (TPSA) is 53.6 Å². The Morgan fingerprint density at radius 1 is 1.53 bits per heavy atom. The highest BCUT2D eigenvalue weighted by Gasteiger charge is 2.34. The number of aliphatic imine (C=N–C) groups is 1. The predicted molar refractivity (Wildman–Crippen MR) is 70.0 cm³/mol. The van der Waals surface area contributed by atoms with Crippen LogP contribution < -0.4 is 11.1 Å². The lowest BCUT2D eigenvalue weighted by atomic mass is 10.1. The molecule has 0 bridgehead atoms. The van der Waals surface area contributed by atoms with Crippen LogP contribution in [0.3, 0.4) is 0 Å². The van der Waals surface area contributed by atoms with Gasteiger partial charge in [0, 0.05) is 19.1 Å². The zero-order valence-electron chi connectivity index (χ0n) is 11.5. The number of rotatable bonds is 5. The van der Waals surface area contributed by atoms with Gasteiger partial charge in [-0.15, -0.1) is 0 Å². The Kier molecular flexibility index (Phi) is 5.90. The van der Waals surface area contributed by atoms with E-state index in [9.17, 15) is 13.2 Å². The Morgan fingerprint density at radius 2 is 2.21 bits per heavy atom. The minimum absolute atomic E-state index is 0.166. The minimum atomic E-state index is -4.12. The second kappa shape index (κ2) is 6.98. The molecule has 2 atom stereocenters. The molecule has 4 nitrogen and oxygen atoms in total. The molecule has 0 unspecified atom stereocenters. The van der Waals surface area contributed by atoms with Crippen LogP contribution in [-0.4, -0.2) is 49.3 Å². The standard InChI is InChI=1S/C12H23F3N4/c1-3-9(2)18-11(16)17-6-10-4-5-19(7-10)8-12(13,14)15/h9-10H,3-8H2,1-2H3,(H3,16,17,18)/t9-,10+/m0/s1. The van der Waals surface area contributed by atoms with E-state index in [1.54, 1.807) is 0 Å². The molecule has 3 N–H and O–H groups in total. The van der Waals surface area contributed by atoms with Crippen molar-refractivity contribution < 1.29 is 13.2 Å². The van der Waals surface area contributed by atoms with E-state index >= 15 is 0 Å². The maximum Gasteiger partial charge on any atom is 0.401 e. The molecular weight excluding hydrogens is 257 g/mol. The van der Waals surface area contributed by atoms with Crippen LogP contribution in [0.4, 0.5) is 13.2 Å². The second-order valence-electron chi connectivity index (χ2n) is 5.18. The molecule has 0 amide bonds. The lowest BCUT2D eigenvalue weighted by molar-refractivity contribution is -0.143. The van der Waals surface area contributed by atoms with Gasteiger partial charge < -0.3 is 11.1 Å². The molecule has 0 aromatic rings. The SMILES string of the molecule is CC[C@H](C)NC(N)=NC[C@H]1CCN(CC(F)(F)F)C1. The molecule has 112 valence electrons. The number of hydrogen-bond acceptors (Lipinski definition) is 2. The molecule has 0 aromatic heterocycles. The van der Waals surface area contributed by atoms with Crippen LogP contribution in [0.25, 0.3) is 0 Å². The maximum atomic E-state index is 12.2. The van der Waals surface area contributed by atoms with E-state index in [4.69, 9.17) is 5.73 Å². The fourth-order valence-electron chi connectivity index (χ4n) is 2.09. The zero-order valence-corrected chi connectivity index (χ0v) is 11.5. The van der Waals surface area contributed by atoms with Gasteiger partial charge in [0.05, 0.1) is 6.54 Å². The summed E-state index contributed by atoms with van der Waals surface area (Å²) in [6.07, 6.45) is -2.43. The summed E-state index contributed by atoms with van der Waals surface area (Å²) in [6, 6.07) is 0.258. The van der Waals surface area contributed by atoms with E-state index in [2.05, 4.69) is 10.3 Å². The summed E-state index contributed by atoms with van der Waals surface area (Å²) in [4.78, 5) is 5.63. The Labute approximate surface area is 112 Å². The lowest BCUT2D eigenvalue weighted by Crippen LogP contribution is -2.38. The first-order valence-electron chi connectivity index (χ1n) is 6.65. The van der Waals surface area contributed by atoms with Gasteiger partial charge >= 0.3 is 6.18 Å². The van der Waals surface area contributed by atoms with Crippen molar-refractivity contribution in [2.75, 3.05) is 26.2 Å². The Hall–Kier alpha value is -0.980. The van der Waals surface area contributed by atoms with E-state index in [-0.39, 0.29) is 12.0 Å². The van der Waals surface area contributed by atoms with Gasteiger partial charge in [-0.05, 0) is 32.2 Å². The normalized spacial score (nSPS) is 23.6. The van der Waals surface area contributed by atoms with Crippen molar-refractivity contribution in [2.24, 2.45) is 16.6 Å². The van der Waals surface area contributed by atoms with E-state index in [0.717, 1.165) is 12.8 Å². The van der Waals surface area contributed by atoms with Crippen LogP contribution in [0.1, 0.15) is 26.7 Å². The largest absolute Gasteiger partial charge is 0.401 e. The van der Waals surface area contributed by atoms with Crippen LogP contribution in [0.15, 0.2) is 4.99 Å². The van der Waals surface area contributed by atoms with Crippen LogP contribution in [0.2, 0.25) is 0 Å². The number of halogens is 3. The predicted octanol–water partition coefficient (Wildman–Crippen LogP) is 1.57. The van der Waals surface area contributed by atoms with Crippen molar-refractivity contribution in [3.05, 3.63) is 0 Å². The number of alkyl halides is 3. The summed E-state index contributed by atoms with van der Waals surface area (Å²) in [5.74, 6) is 0.545. The second-order valence-corrected chi connectivity index (χ2v) is 5.18. The molecule has 0 aliphatic carbocycles. The van der Waals surface area contributed by atoms with Crippen molar-refractivity contribution in [1.29, 1.82) is 0 Å². The van der Waals surface area contributed by atoms with Crippen LogP contribution in [0.5, 0.6) is 0 Å². The van der Waals surface area contributed by atoms with E-state index in [1.807, 2.05) is 13.8 Å². The molecule has 1 aliphatic rings. The average Bonchev–Trinajstić information content (AvgIpc) is 2.71. The van der Waals surface area contributed by atoms with Gasteiger partial charge in [0.25, 0.3) is 0 Å². The van der Waals surface area contributed by atoms with Crippen LogP contribution in [0, 0.1) is 5.92 Å². The molecule has 1 heterocycles. The quantitative estimate of drug-likeness (QED) is 0.594. The molecule has 0 radical (unpaired) electrons. The summed E-state index contributed by atoms with van der Waals surface area (Å²) in [6.45, 7) is 4.63. The van der Waals surface area contributed by atoms with Crippen molar-refractivity contribution in [2.45, 2.75) is 38.9 Å². The summed E-state index contributed by atoms with van der Waals surface area (Å²) in [7, 11) is 0. The zero-order chi connectivity index (χ0) is 14.5. The van der Waals surface area contributed by atoms with Crippen LogP contribution in [-0.2, 0) is 0 Å². The highest BCUT2D eigenvalue weighted by molar-refractivity contribution is 5.78. The maximum absolute atomic E-state index is 12.2. The molecular formula is C12H23F3N4. The summed E-state index contributed by atoms with van der Waals surface area (Å²) < 4.78 is 36.7. The van der Waals surface area contributed by atoms with Gasteiger partial charge in [0.1, 0.15) is 0 Å². The fraction of sp³-hybridized carbons (Fsp3) is 0.917. The van der Waals surface area contributed by atoms with E-state index in [1.165, 1.54) is 4.90 Å². The Balaban J connectivity index is 2.30. The third-order valence-corrected chi connectivity index (χ3v) is 3.30. The molecule has 1 rings (SSSR count). The van der Waals surface area contributed by atoms with Gasteiger partial charge in [-0.1, -0.05) is 6.92 Å². The number of hydrogen-bond donors (Lipinski definition) is 2. The molecule has 0 aromatic carbocycles. The van der Waals surface area contributed by atoms with Crippen molar-refractivity contribution in [3.63, 3.8) is 0 Å². The van der Waals surface area contributed by atoms with Crippen molar-refractivity contribution in [3.8, 4) is 0 Å². The number of guanidine groups is 1. The third-order valence-electron chi connectivity index (χ3n) is 3.30. The third kappa shape index (κ3) is 6.66. The Morgan fingerprint density at radius 3 is 2.79 bits per heavy atom. The smallest absolute Gasteiger partial charge is 0.370 e. The minimum Gasteiger partial charge on any atom is -0.370 e. The highest BCUT2D eigenvalue weighted by Crippen LogP contribution is 2.22. The fourth-order valence-corrected chi connectivity index (χ4v) is 2.09. The van der Waals surface area contributed by atoms with Gasteiger partial charge in [-0.3, -0.25) is 9.89 Å². The number of nitrogens with one attached hydrogen (secondary N) is 1. The number of nitrogens with zero attached hydrogens (tertiary/aromatic N) is 2. The van der Waals surface area contributed by atoms with E-state index < -0.39 is 12.7 Å². The first-order chi connectivity index (χ1) is 8.80. The number of likely N-dealkylation sites (tertiary alicyclic amines) is 1.